The van der Waals surface area contributed by atoms with E-state index < -0.39 is 70.2 Å². The number of nitrogens with one attached hydrogen (secondary N) is 3. The van der Waals surface area contributed by atoms with E-state index in [1.165, 1.54) is 42.3 Å². The maximum Gasteiger partial charge on any atom is 0.305 e. The average molecular weight is 968 g/mol. The molecule has 0 unspecified atom stereocenters. The number of ether oxygens (including phenoxy) is 4. The van der Waals surface area contributed by atoms with Gasteiger partial charge in [-0.1, -0.05) is 36.4 Å². The summed E-state index contributed by atoms with van der Waals surface area (Å²) >= 11 is 0. The van der Waals surface area contributed by atoms with Crippen LogP contribution in [0.2, 0.25) is 0 Å². The van der Waals surface area contributed by atoms with Gasteiger partial charge in [-0.15, -0.1) is 0 Å². The zero-order valence-corrected chi connectivity index (χ0v) is 37.7. The standard InChI is InChI=1S/C44H49N5O16S2/c1-49(18-22-64-26-25-63-20-16-47-42(52)28-7-5-3-2-4-6-8-28)44(54)33-27-29(43(53)48-17-21-62-24-23-61-19-15-36(50)51)9-10-30(33)37-31-11-13-34(45)40(66(55,56)57)38(31)65-39-32(37)12-14-35(46)41(39)67(58,59)60/h2-14,27,45H,15-26,46H2,1H3,(H,47,52)(H,48,53)(H,50,51)(H,55,56,57)(H,58,59,60)/b3-2-,4-2?,5-3?,6-4-,7-5-,8-6?,28-7?,28-8+,45-34?. The number of rotatable bonds is 24. The number of carboxylic acid groups (broad SMARTS) is 1. The van der Waals surface area contributed by atoms with Crippen molar-refractivity contribution in [1.82, 2.24) is 15.5 Å². The molecule has 8 N–H and O–H groups in total. The Bertz CT molecular complexity index is 2870. The van der Waals surface area contributed by atoms with Crippen LogP contribution in [0.4, 0.5) is 5.69 Å². The summed E-state index contributed by atoms with van der Waals surface area (Å²) in [6.45, 7) is 1.07. The van der Waals surface area contributed by atoms with Gasteiger partial charge in [0.05, 0.1) is 70.3 Å². The highest BCUT2D eigenvalue weighted by atomic mass is 32.2. The van der Waals surface area contributed by atoms with Crippen LogP contribution in [0.3, 0.4) is 0 Å². The molecule has 21 nitrogen and oxygen atoms in total. The second kappa shape index (κ2) is 23.7. The van der Waals surface area contributed by atoms with Gasteiger partial charge in [-0.3, -0.25) is 33.7 Å². The zero-order chi connectivity index (χ0) is 48.7. The number of carbonyl (C=O) groups excluding carboxylic acids is 3. The van der Waals surface area contributed by atoms with Crippen molar-refractivity contribution in [3.05, 3.63) is 107 Å². The molecule has 0 radical (unpaired) electrons. The molecule has 0 bridgehead atoms. The third-order valence-corrected chi connectivity index (χ3v) is 11.6. The number of nitrogen functional groups attached to an aromatic ring is 1. The summed E-state index contributed by atoms with van der Waals surface area (Å²) in [6, 6.07) is 8.71. The highest BCUT2D eigenvalue weighted by Crippen LogP contribution is 2.46. The first-order chi connectivity index (χ1) is 31.9. The number of fused-ring (bicyclic) bond motifs is 2. The topological polar surface area (TPSA) is 324 Å². The number of aliphatic carboxylic acids is 1. The van der Waals surface area contributed by atoms with Crippen molar-refractivity contribution in [2.45, 2.75) is 16.2 Å². The highest BCUT2D eigenvalue weighted by molar-refractivity contribution is 7.86. The number of hydrogen-bond acceptors (Lipinski definition) is 15. The summed E-state index contributed by atoms with van der Waals surface area (Å²) < 4.78 is 99.1. The number of amides is 3. The Morgan fingerprint density at radius 3 is 1.99 bits per heavy atom. The van der Waals surface area contributed by atoms with Crippen molar-refractivity contribution >= 4 is 60.6 Å². The fraction of sp³-hybridized carbons (Fsp3) is 0.295. The number of nitrogens with two attached hydrogens (primary N) is 1. The lowest BCUT2D eigenvalue weighted by atomic mass is 9.89. The van der Waals surface area contributed by atoms with Crippen LogP contribution in [0, 0.1) is 5.41 Å². The molecule has 5 rings (SSSR count). The Labute approximate surface area is 384 Å². The van der Waals surface area contributed by atoms with Gasteiger partial charge in [0.2, 0.25) is 0 Å². The van der Waals surface area contributed by atoms with Crippen LogP contribution in [-0.4, -0.2) is 139 Å². The number of carbonyl (C=O) groups is 4. The van der Waals surface area contributed by atoms with Gasteiger partial charge in [-0.25, -0.2) is 0 Å². The predicted octanol–water partition coefficient (Wildman–Crippen LogP) is 2.83. The minimum Gasteiger partial charge on any atom is -0.481 e. The van der Waals surface area contributed by atoms with Crippen LogP contribution in [0.5, 0.6) is 0 Å². The van der Waals surface area contributed by atoms with Crippen molar-refractivity contribution < 1.29 is 73.6 Å². The molecule has 3 aliphatic rings. The fourth-order valence-electron chi connectivity index (χ4n) is 6.58. The molecule has 67 heavy (non-hydrogen) atoms. The Morgan fingerprint density at radius 1 is 0.731 bits per heavy atom. The number of hydrogen-bond donors (Lipinski definition) is 7. The van der Waals surface area contributed by atoms with E-state index in [4.69, 9.17) is 39.6 Å². The molecule has 1 heterocycles. The quantitative estimate of drug-likeness (QED) is 0.0230. The summed E-state index contributed by atoms with van der Waals surface area (Å²) in [5, 5.41) is 21.6. The predicted molar refractivity (Wildman–Crippen MR) is 242 cm³/mol. The molecule has 1 aliphatic heterocycles. The summed E-state index contributed by atoms with van der Waals surface area (Å²) in [5.41, 5.74) is 4.96. The van der Waals surface area contributed by atoms with Crippen LogP contribution >= 0.6 is 0 Å². The van der Waals surface area contributed by atoms with Gasteiger partial charge in [0.1, 0.15) is 0 Å². The third-order valence-electron chi connectivity index (χ3n) is 9.74. The first-order valence-electron chi connectivity index (χ1n) is 20.4. The molecule has 0 saturated heterocycles. The van der Waals surface area contributed by atoms with E-state index >= 15 is 0 Å². The largest absolute Gasteiger partial charge is 0.481 e. The first kappa shape index (κ1) is 51.4. The number of benzene rings is 3. The second-order valence-corrected chi connectivity index (χ2v) is 17.2. The van der Waals surface area contributed by atoms with E-state index in [9.17, 15) is 45.1 Å². The Morgan fingerprint density at radius 2 is 1.33 bits per heavy atom. The Balaban J connectivity index is 1.39. The normalized spacial score (nSPS) is 14.9. The molecule has 0 saturated carbocycles. The van der Waals surface area contributed by atoms with Crippen molar-refractivity contribution in [1.29, 1.82) is 5.41 Å². The van der Waals surface area contributed by atoms with Gasteiger partial charge in [-0.2, -0.15) is 16.8 Å². The van der Waals surface area contributed by atoms with Gasteiger partial charge in [0.25, 0.3) is 38.0 Å². The molecule has 2 aromatic carbocycles. The monoisotopic (exact) mass is 967 g/mol. The minimum atomic E-state index is -5.24. The number of carboxylic acids is 1. The van der Waals surface area contributed by atoms with E-state index in [2.05, 4.69) is 10.6 Å². The summed E-state index contributed by atoms with van der Waals surface area (Å²) in [4.78, 5) is 50.3. The van der Waals surface area contributed by atoms with Crippen LogP contribution < -0.4 is 21.7 Å². The lowest BCUT2D eigenvalue weighted by Crippen LogP contribution is -2.32. The molecule has 2 aromatic rings. The number of nitrogens with zero attached hydrogens (tertiary/aromatic N) is 1. The molecule has 3 amide bonds. The summed E-state index contributed by atoms with van der Waals surface area (Å²) in [7, 11) is -8.98. The maximum absolute atomic E-state index is 14.5. The third kappa shape index (κ3) is 14.0. The molecule has 0 spiro atoms. The van der Waals surface area contributed by atoms with E-state index in [-0.39, 0.29) is 118 Å². The second-order valence-electron chi connectivity index (χ2n) is 14.4. The van der Waals surface area contributed by atoms with Gasteiger partial charge >= 0.3 is 5.97 Å². The van der Waals surface area contributed by atoms with E-state index in [1.54, 1.807) is 36.5 Å². The Kier molecular flexibility index (Phi) is 18.2. The van der Waals surface area contributed by atoms with Crippen LogP contribution in [0.15, 0.2) is 105 Å². The van der Waals surface area contributed by atoms with Crippen molar-refractivity contribution in [2.24, 2.45) is 0 Å². The number of anilines is 1. The van der Waals surface area contributed by atoms with Gasteiger partial charge in [-0.05, 0) is 54.1 Å². The molecule has 2 aliphatic carbocycles. The van der Waals surface area contributed by atoms with Crippen molar-refractivity contribution in [3.8, 4) is 22.5 Å². The van der Waals surface area contributed by atoms with E-state index in [1.807, 2.05) is 6.08 Å². The average Bonchev–Trinajstić information content (AvgIpc) is 3.25. The van der Waals surface area contributed by atoms with Gasteiger partial charge in [0.15, 0.2) is 21.1 Å². The smallest absolute Gasteiger partial charge is 0.305 e. The van der Waals surface area contributed by atoms with Crippen LogP contribution in [0.25, 0.3) is 33.4 Å². The lowest BCUT2D eigenvalue weighted by molar-refractivity contribution is -0.138. The molecule has 358 valence electrons. The maximum atomic E-state index is 14.5. The van der Waals surface area contributed by atoms with Crippen LogP contribution in [-0.2, 0) is 48.8 Å². The van der Waals surface area contributed by atoms with E-state index in [0.29, 0.717) is 5.57 Å². The number of likely N-dealkylation sites (N-methyl/N-ethyl adjacent to an activating group) is 1. The lowest BCUT2D eigenvalue weighted by Gasteiger charge is -2.23. The molecular formula is C44H49N5O16S2. The van der Waals surface area contributed by atoms with Crippen LogP contribution in [0.1, 0.15) is 27.1 Å². The van der Waals surface area contributed by atoms with Gasteiger partial charge in [0, 0.05) is 59.9 Å². The highest BCUT2D eigenvalue weighted by Gasteiger charge is 2.32. The van der Waals surface area contributed by atoms with Gasteiger partial charge < -0.3 is 49.7 Å². The van der Waals surface area contributed by atoms with Crippen molar-refractivity contribution in [3.63, 3.8) is 0 Å². The molecule has 0 aromatic heterocycles. The first-order valence-corrected chi connectivity index (χ1v) is 23.3. The number of allylic oxidation sites excluding steroid dienone is 6. The molecule has 0 atom stereocenters. The molecular weight excluding hydrogens is 919 g/mol. The molecule has 23 heteroatoms. The Hall–Kier alpha value is -6.57. The van der Waals surface area contributed by atoms with Crippen molar-refractivity contribution in [2.75, 3.05) is 85.3 Å². The summed E-state index contributed by atoms with van der Waals surface area (Å²) in [5.74, 6) is -3.30. The fourth-order valence-corrected chi connectivity index (χ4v) is 8.07. The SMILES string of the molecule is CN(CCOCCOCCNC(=O)C1=C/C=C\C=C/C=C\1)C(=O)c1cc(C(=O)NCCOCCOCCC(=O)O)ccc1-c1c2ccc(=N)c(S(=O)(=O)O)c-2oc2c(S(=O)(=O)O)c(N)ccc12. The van der Waals surface area contributed by atoms with E-state index in [0.717, 1.165) is 12.1 Å². The molecule has 0 fully saturated rings. The minimum absolute atomic E-state index is 0.00145. The zero-order valence-electron chi connectivity index (χ0n) is 36.1. The summed E-state index contributed by atoms with van der Waals surface area (Å²) in [6.07, 6.45) is 12.2.